The van der Waals surface area contributed by atoms with Crippen LogP contribution in [0.1, 0.15) is 115 Å². The van der Waals surface area contributed by atoms with Gasteiger partial charge in [-0.15, -0.1) is 17.7 Å². The van der Waals surface area contributed by atoms with Gasteiger partial charge in [0.15, 0.2) is 0 Å². The summed E-state index contributed by atoms with van der Waals surface area (Å²) in [4.78, 5) is 12.4. The molecule has 34 heavy (non-hydrogen) atoms. The van der Waals surface area contributed by atoms with Crippen molar-refractivity contribution < 1.29 is 14.6 Å². The van der Waals surface area contributed by atoms with E-state index in [-0.39, 0.29) is 5.97 Å². The van der Waals surface area contributed by atoms with Crippen LogP contribution in [0.3, 0.4) is 0 Å². The molecule has 1 aromatic carbocycles. The first kappa shape index (κ1) is 30.9. The van der Waals surface area contributed by atoms with Crippen molar-refractivity contribution in [2.75, 3.05) is 17.3 Å². The Kier molecular flexibility index (Phi) is 15.1. The summed E-state index contributed by atoms with van der Waals surface area (Å²) in [5.41, 5.74) is 0.767. The molecule has 2 unspecified atom stereocenters. The molecule has 0 saturated heterocycles. The maximum absolute atomic E-state index is 12.4. The van der Waals surface area contributed by atoms with E-state index in [2.05, 4.69) is 32.6 Å². The number of unbranched alkanes of at least 4 members (excludes halogenated alkanes) is 4. The lowest BCUT2D eigenvalue weighted by molar-refractivity contribution is 0.00693. The van der Waals surface area contributed by atoms with Crippen molar-refractivity contribution in [1.29, 1.82) is 0 Å². The van der Waals surface area contributed by atoms with Gasteiger partial charge in [-0.2, -0.15) is 11.8 Å². The van der Waals surface area contributed by atoms with E-state index in [0.29, 0.717) is 5.56 Å². The molecule has 0 fully saturated rings. The standard InChI is InChI=1S/C29H46O3S2/c1-7-10-13-14-20-29(19-11-8-2,34-23-22-33-21-12-9-3)26(30)24-15-17-25(18-16-24)27(31)32-28(4,5)6/h15-18,26,30H,7-13,19,21-23H2,1-6H3. The van der Waals surface area contributed by atoms with Crippen LogP contribution in [0.15, 0.2) is 24.3 Å². The van der Waals surface area contributed by atoms with E-state index in [9.17, 15) is 9.90 Å². The first-order chi connectivity index (χ1) is 16.2. The molecule has 1 N–H and O–H groups in total. The minimum absolute atomic E-state index is 0.344. The zero-order valence-electron chi connectivity index (χ0n) is 22.2. The number of aliphatic hydroxyl groups is 1. The first-order valence-electron chi connectivity index (χ1n) is 12.9. The lowest BCUT2D eigenvalue weighted by Crippen LogP contribution is -2.32. The van der Waals surface area contributed by atoms with E-state index in [0.717, 1.165) is 55.6 Å². The van der Waals surface area contributed by atoms with Crippen LogP contribution in [0.25, 0.3) is 0 Å². The molecule has 3 nitrogen and oxygen atoms in total. The minimum Gasteiger partial charge on any atom is -0.456 e. The van der Waals surface area contributed by atoms with Crippen molar-refractivity contribution in [2.45, 2.75) is 109 Å². The van der Waals surface area contributed by atoms with Crippen molar-refractivity contribution in [3.05, 3.63) is 35.4 Å². The summed E-state index contributed by atoms with van der Waals surface area (Å²) in [6.07, 6.45) is 7.75. The van der Waals surface area contributed by atoms with Crippen LogP contribution in [0.4, 0.5) is 0 Å². The van der Waals surface area contributed by atoms with Crippen LogP contribution < -0.4 is 0 Å². The smallest absolute Gasteiger partial charge is 0.338 e. The van der Waals surface area contributed by atoms with Gasteiger partial charge in [-0.3, -0.25) is 0 Å². The van der Waals surface area contributed by atoms with Crippen molar-refractivity contribution in [3.63, 3.8) is 0 Å². The van der Waals surface area contributed by atoms with Crippen LogP contribution in [0, 0.1) is 11.8 Å². The van der Waals surface area contributed by atoms with Gasteiger partial charge in [0.2, 0.25) is 0 Å². The lowest BCUT2D eigenvalue weighted by Gasteiger charge is -2.34. The molecule has 0 spiro atoms. The van der Waals surface area contributed by atoms with Gasteiger partial charge in [-0.25, -0.2) is 4.79 Å². The van der Waals surface area contributed by atoms with Gasteiger partial charge in [-0.1, -0.05) is 64.5 Å². The number of aliphatic hydroxyl groups excluding tert-OH is 1. The molecular formula is C29H46O3S2. The molecule has 0 aliphatic carbocycles. The summed E-state index contributed by atoms with van der Waals surface area (Å²) in [6.45, 7) is 12.2. The molecule has 0 aliphatic heterocycles. The Hall–Kier alpha value is -1.09. The van der Waals surface area contributed by atoms with Crippen LogP contribution in [0.5, 0.6) is 0 Å². The summed E-state index contributed by atoms with van der Waals surface area (Å²) in [6, 6.07) is 7.23. The number of rotatable bonds is 15. The molecule has 2 atom stereocenters. The van der Waals surface area contributed by atoms with Gasteiger partial charge in [0, 0.05) is 17.9 Å². The highest BCUT2D eigenvalue weighted by molar-refractivity contribution is 8.03. The molecule has 192 valence electrons. The van der Waals surface area contributed by atoms with Crippen LogP contribution >= 0.6 is 23.5 Å². The molecule has 0 amide bonds. The molecular weight excluding hydrogens is 460 g/mol. The number of carbonyl (C=O) groups is 1. The normalized spacial score (nSPS) is 14.1. The second-order valence-corrected chi connectivity index (χ2v) is 12.4. The fourth-order valence-electron chi connectivity index (χ4n) is 3.41. The Balaban J connectivity index is 3.12. The van der Waals surface area contributed by atoms with Crippen molar-refractivity contribution in [3.8, 4) is 11.8 Å². The lowest BCUT2D eigenvalue weighted by atomic mass is 9.89. The third kappa shape index (κ3) is 11.6. The Labute approximate surface area is 217 Å². The third-order valence-corrected chi connectivity index (χ3v) is 8.17. The molecule has 0 aliphatic rings. The highest BCUT2D eigenvalue weighted by Gasteiger charge is 2.37. The predicted molar refractivity (Wildman–Crippen MR) is 151 cm³/mol. The maximum atomic E-state index is 12.4. The Morgan fingerprint density at radius 2 is 1.62 bits per heavy atom. The number of hydrogen-bond donors (Lipinski definition) is 1. The zero-order chi connectivity index (χ0) is 25.5. The zero-order valence-corrected chi connectivity index (χ0v) is 23.9. The SMILES string of the molecule is CCCCC#CC(CCCC)(SCCSCCCC)C(O)c1ccc(C(=O)OC(C)(C)C)cc1. The van der Waals surface area contributed by atoms with Crippen LogP contribution in [-0.4, -0.2) is 38.7 Å². The molecule has 0 bridgehead atoms. The summed E-state index contributed by atoms with van der Waals surface area (Å²) >= 11 is 3.80. The largest absolute Gasteiger partial charge is 0.456 e. The third-order valence-electron chi connectivity index (χ3n) is 5.39. The topological polar surface area (TPSA) is 46.5 Å². The molecule has 0 radical (unpaired) electrons. The molecule has 1 aromatic rings. The van der Waals surface area contributed by atoms with Crippen molar-refractivity contribution in [2.24, 2.45) is 0 Å². The number of ether oxygens (including phenoxy) is 1. The second-order valence-electron chi connectivity index (χ2n) is 9.74. The average molecular weight is 507 g/mol. The van der Waals surface area contributed by atoms with Crippen molar-refractivity contribution >= 4 is 29.5 Å². The maximum Gasteiger partial charge on any atom is 0.338 e. The van der Waals surface area contributed by atoms with Gasteiger partial charge in [0.1, 0.15) is 16.5 Å². The summed E-state index contributed by atoms with van der Waals surface area (Å²) in [7, 11) is 0. The fraction of sp³-hybridized carbons (Fsp3) is 0.690. The Morgan fingerprint density at radius 3 is 2.21 bits per heavy atom. The van der Waals surface area contributed by atoms with Gasteiger partial charge in [0.25, 0.3) is 0 Å². The van der Waals surface area contributed by atoms with E-state index >= 15 is 0 Å². The van der Waals surface area contributed by atoms with E-state index in [1.165, 1.54) is 18.6 Å². The quantitative estimate of drug-likeness (QED) is 0.148. The van der Waals surface area contributed by atoms with Gasteiger partial charge >= 0.3 is 5.97 Å². The number of benzene rings is 1. The number of esters is 1. The number of carbonyl (C=O) groups excluding carboxylic acids is 1. The van der Waals surface area contributed by atoms with E-state index < -0.39 is 16.5 Å². The van der Waals surface area contributed by atoms with E-state index in [1.807, 2.05) is 56.4 Å². The number of thioether (sulfide) groups is 2. The molecule has 0 saturated carbocycles. The van der Waals surface area contributed by atoms with Crippen molar-refractivity contribution in [1.82, 2.24) is 0 Å². The molecule has 0 aromatic heterocycles. The Morgan fingerprint density at radius 1 is 0.971 bits per heavy atom. The van der Waals surface area contributed by atoms with E-state index in [4.69, 9.17) is 4.74 Å². The fourth-order valence-corrected chi connectivity index (χ4v) is 6.00. The number of hydrogen-bond acceptors (Lipinski definition) is 5. The highest BCUT2D eigenvalue weighted by Crippen LogP contribution is 2.42. The molecule has 5 heteroatoms. The summed E-state index contributed by atoms with van der Waals surface area (Å²) in [5, 5.41) is 11.6. The van der Waals surface area contributed by atoms with Crippen LogP contribution in [-0.2, 0) is 4.74 Å². The summed E-state index contributed by atoms with van der Waals surface area (Å²) in [5.74, 6) is 9.81. The average Bonchev–Trinajstić information content (AvgIpc) is 2.80. The highest BCUT2D eigenvalue weighted by atomic mass is 32.2. The predicted octanol–water partition coefficient (Wildman–Crippen LogP) is 8.06. The molecule has 0 heterocycles. The minimum atomic E-state index is -0.716. The molecule has 1 rings (SSSR count). The van der Waals surface area contributed by atoms with E-state index in [1.54, 1.807) is 12.1 Å². The van der Waals surface area contributed by atoms with Gasteiger partial charge in [-0.05, 0) is 63.5 Å². The second kappa shape index (κ2) is 16.6. The van der Waals surface area contributed by atoms with Gasteiger partial charge < -0.3 is 9.84 Å². The Bertz CT molecular complexity index is 758. The van der Waals surface area contributed by atoms with Gasteiger partial charge in [0.05, 0.1) is 5.56 Å². The van der Waals surface area contributed by atoms with Crippen LogP contribution in [0.2, 0.25) is 0 Å². The summed E-state index contributed by atoms with van der Waals surface area (Å²) < 4.78 is 4.94. The first-order valence-corrected chi connectivity index (χ1v) is 15.1. The monoisotopic (exact) mass is 506 g/mol.